The number of aliphatic hydroxyl groups is 2. The lowest BCUT2D eigenvalue weighted by Gasteiger charge is -2.21. The first-order valence-electron chi connectivity index (χ1n) is 30.2. The highest BCUT2D eigenvalue weighted by atomic mass is 31.2. The molecule has 0 bridgehead atoms. The van der Waals surface area contributed by atoms with Crippen molar-refractivity contribution < 1.29 is 75.8 Å². The standard InChI is InChI=1S/C61H108O16P2/c1-4-7-10-13-16-19-22-25-26-27-28-31-33-35-38-41-44-47-59(64)71-50-56(62)51-73-78(67,68)74-52-57(63)53-75-79(69,70)76-55-58(77-61(66)49-46-43-40-37-34-30-24-21-18-15-12-9-6-3)54-72-60(65)48-45-42-39-36-32-29-23-20-17-14-11-8-5-2/h7,10,16,19-20,23,25-26,28,31,35,38,56-58,62-63H,4-6,8-9,11-15,17-18,21-22,24,27,29-30,32-34,36-37,39-55H2,1-3H3,(H,67,68)(H,69,70)/b10-7-,19-16-,23-20-,26-25-,31-28-,38-35-. The second kappa shape index (κ2) is 55.5. The number of hydrogen-bond donors (Lipinski definition) is 4. The van der Waals surface area contributed by atoms with Crippen molar-refractivity contribution in [3.8, 4) is 0 Å². The van der Waals surface area contributed by atoms with Gasteiger partial charge in [0.05, 0.1) is 26.4 Å². The van der Waals surface area contributed by atoms with Crippen molar-refractivity contribution in [3.63, 3.8) is 0 Å². The van der Waals surface area contributed by atoms with Crippen LogP contribution >= 0.6 is 15.6 Å². The molecular formula is C61H108O16P2. The van der Waals surface area contributed by atoms with Crippen molar-refractivity contribution >= 4 is 33.6 Å². The number of ether oxygens (including phenoxy) is 3. The van der Waals surface area contributed by atoms with Crippen LogP contribution in [0.3, 0.4) is 0 Å². The van der Waals surface area contributed by atoms with Crippen molar-refractivity contribution in [1.82, 2.24) is 0 Å². The number of rotatable bonds is 57. The third-order valence-corrected chi connectivity index (χ3v) is 14.3. The number of esters is 3. The third-order valence-electron chi connectivity index (χ3n) is 12.4. The highest BCUT2D eigenvalue weighted by Gasteiger charge is 2.29. The molecule has 458 valence electrons. The molecule has 0 heterocycles. The lowest BCUT2D eigenvalue weighted by Crippen LogP contribution is -2.30. The number of phosphoric acid groups is 2. The molecule has 0 saturated heterocycles. The van der Waals surface area contributed by atoms with Crippen LogP contribution in [0.5, 0.6) is 0 Å². The first kappa shape index (κ1) is 76.0. The molecule has 0 fully saturated rings. The highest BCUT2D eigenvalue weighted by molar-refractivity contribution is 7.47. The van der Waals surface area contributed by atoms with Gasteiger partial charge in [-0.05, 0) is 83.5 Å². The molecule has 16 nitrogen and oxygen atoms in total. The monoisotopic (exact) mass is 1160 g/mol. The Kier molecular flexibility index (Phi) is 53.4. The second-order valence-corrected chi connectivity index (χ2v) is 23.0. The summed E-state index contributed by atoms with van der Waals surface area (Å²) >= 11 is 0. The molecule has 0 saturated carbocycles. The quantitative estimate of drug-likeness (QED) is 0.0146. The van der Waals surface area contributed by atoms with E-state index in [1.807, 2.05) is 12.2 Å². The van der Waals surface area contributed by atoms with E-state index in [1.54, 1.807) is 0 Å². The number of carbonyl (C=O) groups excluding carboxylic acids is 3. The minimum Gasteiger partial charge on any atom is -0.463 e. The van der Waals surface area contributed by atoms with Gasteiger partial charge in [0.15, 0.2) is 6.10 Å². The molecule has 0 aliphatic rings. The van der Waals surface area contributed by atoms with Crippen LogP contribution in [0.4, 0.5) is 0 Å². The lowest BCUT2D eigenvalue weighted by molar-refractivity contribution is -0.161. The van der Waals surface area contributed by atoms with Crippen LogP contribution in [0.2, 0.25) is 0 Å². The smallest absolute Gasteiger partial charge is 0.463 e. The van der Waals surface area contributed by atoms with E-state index in [-0.39, 0.29) is 19.3 Å². The summed E-state index contributed by atoms with van der Waals surface area (Å²) < 4.78 is 60.5. The maximum Gasteiger partial charge on any atom is 0.472 e. The van der Waals surface area contributed by atoms with Crippen LogP contribution in [0, 0.1) is 0 Å². The van der Waals surface area contributed by atoms with E-state index >= 15 is 0 Å². The minimum absolute atomic E-state index is 0.106. The third kappa shape index (κ3) is 56.6. The van der Waals surface area contributed by atoms with Gasteiger partial charge in [-0.25, -0.2) is 9.13 Å². The van der Waals surface area contributed by atoms with Gasteiger partial charge in [-0.15, -0.1) is 0 Å². The van der Waals surface area contributed by atoms with Gasteiger partial charge < -0.3 is 34.2 Å². The average molecular weight is 1160 g/mol. The Balaban J connectivity index is 4.70. The van der Waals surface area contributed by atoms with Gasteiger partial charge in [0.2, 0.25) is 0 Å². The summed E-state index contributed by atoms with van der Waals surface area (Å²) in [6.07, 6.45) is 54.1. The molecule has 5 unspecified atom stereocenters. The molecular weight excluding hydrogens is 1050 g/mol. The summed E-state index contributed by atoms with van der Waals surface area (Å²) in [7, 11) is -9.77. The Bertz CT molecular complexity index is 1750. The fourth-order valence-electron chi connectivity index (χ4n) is 7.78. The number of phosphoric ester groups is 2. The largest absolute Gasteiger partial charge is 0.472 e. The van der Waals surface area contributed by atoms with Gasteiger partial charge in [-0.3, -0.25) is 32.5 Å². The highest BCUT2D eigenvalue weighted by Crippen LogP contribution is 2.45. The van der Waals surface area contributed by atoms with E-state index in [0.717, 1.165) is 96.3 Å². The van der Waals surface area contributed by atoms with E-state index in [2.05, 4.69) is 81.5 Å². The SMILES string of the molecule is CC/C=C\C/C=C\C/C=C\C/C=C\C/C=C\CCCC(=O)OCC(O)COP(=O)(O)OCC(O)COP(=O)(O)OCC(COC(=O)CCCCCCC/C=C\CCCCCC)OC(=O)CCCCCCCCCCCCCCC. The molecule has 0 aromatic carbocycles. The van der Waals surface area contributed by atoms with Crippen LogP contribution in [0.25, 0.3) is 0 Å². The zero-order valence-corrected chi connectivity index (χ0v) is 50.8. The number of unbranched alkanes of at least 4 members (excludes halogenated alkanes) is 22. The molecule has 0 amide bonds. The second-order valence-electron chi connectivity index (χ2n) is 20.1. The molecule has 0 rings (SSSR count). The number of allylic oxidation sites excluding steroid dienone is 12. The van der Waals surface area contributed by atoms with Crippen LogP contribution in [0.15, 0.2) is 72.9 Å². The Hall–Kier alpha value is -3.01. The van der Waals surface area contributed by atoms with E-state index < -0.39 is 91.5 Å². The maximum absolute atomic E-state index is 12.8. The topological polar surface area (TPSA) is 231 Å². The summed E-state index contributed by atoms with van der Waals surface area (Å²) in [6.45, 7) is 2.45. The molecule has 0 spiro atoms. The minimum atomic E-state index is -4.92. The molecule has 0 aromatic heterocycles. The first-order chi connectivity index (χ1) is 38.2. The van der Waals surface area contributed by atoms with Gasteiger partial charge in [-0.2, -0.15) is 0 Å². The number of carbonyl (C=O) groups is 3. The fraction of sp³-hybridized carbons (Fsp3) is 0.754. The zero-order chi connectivity index (χ0) is 58.2. The molecule has 0 aliphatic heterocycles. The summed E-state index contributed by atoms with van der Waals surface area (Å²) in [4.78, 5) is 58.0. The maximum atomic E-state index is 12.8. The number of hydrogen-bond acceptors (Lipinski definition) is 14. The normalized spacial score (nSPS) is 15.0. The van der Waals surface area contributed by atoms with Crippen molar-refractivity contribution in [3.05, 3.63) is 72.9 Å². The van der Waals surface area contributed by atoms with E-state index in [0.29, 0.717) is 25.7 Å². The van der Waals surface area contributed by atoms with Crippen LogP contribution in [-0.2, 0) is 55.8 Å². The van der Waals surface area contributed by atoms with Crippen molar-refractivity contribution in [2.24, 2.45) is 0 Å². The van der Waals surface area contributed by atoms with Gasteiger partial charge in [0, 0.05) is 19.3 Å². The van der Waals surface area contributed by atoms with Crippen molar-refractivity contribution in [2.75, 3.05) is 39.6 Å². The number of aliphatic hydroxyl groups excluding tert-OH is 2. The van der Waals surface area contributed by atoms with Crippen LogP contribution < -0.4 is 0 Å². The average Bonchev–Trinajstić information content (AvgIpc) is 3.42. The van der Waals surface area contributed by atoms with Crippen LogP contribution in [-0.4, -0.2) is 95.9 Å². The zero-order valence-electron chi connectivity index (χ0n) is 49.0. The van der Waals surface area contributed by atoms with Gasteiger partial charge in [0.1, 0.15) is 25.4 Å². The molecule has 79 heavy (non-hydrogen) atoms. The Morgan fingerprint density at radius 1 is 0.367 bits per heavy atom. The van der Waals surface area contributed by atoms with Gasteiger partial charge in [-0.1, -0.05) is 209 Å². The van der Waals surface area contributed by atoms with Crippen molar-refractivity contribution in [2.45, 2.75) is 257 Å². The van der Waals surface area contributed by atoms with Gasteiger partial charge >= 0.3 is 33.6 Å². The van der Waals surface area contributed by atoms with Crippen molar-refractivity contribution in [1.29, 1.82) is 0 Å². The van der Waals surface area contributed by atoms with Gasteiger partial charge in [0.25, 0.3) is 0 Å². The first-order valence-corrected chi connectivity index (χ1v) is 33.2. The fourth-order valence-corrected chi connectivity index (χ4v) is 9.36. The van der Waals surface area contributed by atoms with Crippen LogP contribution in [0.1, 0.15) is 239 Å². The summed E-state index contributed by atoms with van der Waals surface area (Å²) in [6, 6.07) is 0. The summed E-state index contributed by atoms with van der Waals surface area (Å²) in [5, 5.41) is 20.4. The van der Waals surface area contributed by atoms with E-state index in [4.69, 9.17) is 32.3 Å². The van der Waals surface area contributed by atoms with E-state index in [9.17, 15) is 43.5 Å². The molecule has 0 aromatic rings. The Morgan fingerprint density at radius 2 is 0.684 bits per heavy atom. The molecule has 0 aliphatic carbocycles. The Labute approximate surface area is 477 Å². The molecule has 18 heteroatoms. The predicted octanol–water partition coefficient (Wildman–Crippen LogP) is 15.6. The molecule has 5 atom stereocenters. The van der Waals surface area contributed by atoms with E-state index in [1.165, 1.54) is 77.0 Å². The lowest BCUT2D eigenvalue weighted by atomic mass is 10.0. The molecule has 4 N–H and O–H groups in total. The summed E-state index contributed by atoms with van der Waals surface area (Å²) in [5.41, 5.74) is 0. The Morgan fingerprint density at radius 3 is 1.14 bits per heavy atom. The summed E-state index contributed by atoms with van der Waals surface area (Å²) in [5.74, 6) is -1.64. The molecule has 0 radical (unpaired) electrons. The predicted molar refractivity (Wildman–Crippen MR) is 316 cm³/mol.